The zero-order valence-corrected chi connectivity index (χ0v) is 15.3. The Morgan fingerprint density at radius 2 is 2.04 bits per heavy atom. The molecule has 144 valence electrons. The van der Waals surface area contributed by atoms with Crippen LogP contribution >= 0.6 is 0 Å². The molecule has 1 fully saturated rings. The highest BCUT2D eigenvalue weighted by atomic mass is 19.1. The molecule has 4 rings (SSSR count). The fourth-order valence-corrected chi connectivity index (χ4v) is 3.17. The first-order valence-electron chi connectivity index (χ1n) is 9.15. The summed E-state index contributed by atoms with van der Waals surface area (Å²) in [6.07, 6.45) is 5.47. The van der Waals surface area contributed by atoms with Crippen LogP contribution in [0.4, 0.5) is 4.39 Å². The molecule has 1 aliphatic heterocycles. The van der Waals surface area contributed by atoms with Crippen molar-refractivity contribution in [2.75, 3.05) is 19.7 Å². The van der Waals surface area contributed by atoms with Gasteiger partial charge in [-0.2, -0.15) is 0 Å². The van der Waals surface area contributed by atoms with E-state index >= 15 is 0 Å². The average molecular weight is 381 g/mol. The van der Waals surface area contributed by atoms with Crippen LogP contribution in [0.2, 0.25) is 0 Å². The van der Waals surface area contributed by atoms with Crippen molar-refractivity contribution in [2.45, 2.75) is 18.9 Å². The minimum atomic E-state index is -0.395. The lowest BCUT2D eigenvalue weighted by Crippen LogP contribution is -2.43. The van der Waals surface area contributed by atoms with Gasteiger partial charge in [-0.25, -0.2) is 9.37 Å². The van der Waals surface area contributed by atoms with Gasteiger partial charge in [0.1, 0.15) is 11.6 Å². The molecule has 0 saturated carbocycles. The minimum absolute atomic E-state index is 0.0272. The molecule has 7 heteroatoms. The van der Waals surface area contributed by atoms with Gasteiger partial charge in [0.05, 0.1) is 25.8 Å². The molecule has 1 saturated heterocycles. The number of rotatable bonds is 5. The van der Waals surface area contributed by atoms with E-state index in [1.165, 1.54) is 12.1 Å². The van der Waals surface area contributed by atoms with E-state index in [0.29, 0.717) is 44.2 Å². The molecule has 2 aromatic heterocycles. The van der Waals surface area contributed by atoms with Crippen molar-refractivity contribution in [3.63, 3.8) is 0 Å². The first kappa shape index (κ1) is 18.3. The number of halogens is 1. The Balaban J connectivity index is 1.38. The summed E-state index contributed by atoms with van der Waals surface area (Å²) in [7, 11) is 0. The van der Waals surface area contributed by atoms with Crippen LogP contribution in [-0.4, -0.2) is 40.5 Å². The zero-order chi connectivity index (χ0) is 19.3. The number of nitrogens with zero attached hydrogens (tertiary/aromatic N) is 3. The SMILES string of the molecule is O=C(Cc1cccnc1)N1CCOC(c2ncc(Cc3ccc(F)cc3)o2)C1. The topological polar surface area (TPSA) is 68.5 Å². The predicted molar refractivity (Wildman–Crippen MR) is 98.9 cm³/mol. The molecule has 0 aliphatic carbocycles. The summed E-state index contributed by atoms with van der Waals surface area (Å²) in [5.41, 5.74) is 1.81. The van der Waals surface area contributed by atoms with Crippen molar-refractivity contribution < 1.29 is 18.3 Å². The molecule has 0 spiro atoms. The number of ether oxygens (including phenoxy) is 1. The second-order valence-electron chi connectivity index (χ2n) is 6.71. The molecule has 1 aliphatic rings. The molecule has 1 aromatic carbocycles. The van der Waals surface area contributed by atoms with Crippen molar-refractivity contribution >= 4 is 5.91 Å². The summed E-state index contributed by atoms with van der Waals surface area (Å²) >= 11 is 0. The van der Waals surface area contributed by atoms with Crippen molar-refractivity contribution in [1.82, 2.24) is 14.9 Å². The summed E-state index contributed by atoms with van der Waals surface area (Å²) in [4.78, 5) is 22.7. The van der Waals surface area contributed by atoms with E-state index in [1.54, 1.807) is 35.6 Å². The summed E-state index contributed by atoms with van der Waals surface area (Å²) in [6.45, 7) is 1.37. The van der Waals surface area contributed by atoms with Gasteiger partial charge in [-0.05, 0) is 29.3 Å². The smallest absolute Gasteiger partial charge is 0.227 e. The van der Waals surface area contributed by atoms with Crippen molar-refractivity contribution in [1.29, 1.82) is 0 Å². The molecule has 1 unspecified atom stereocenters. The van der Waals surface area contributed by atoms with Gasteiger partial charge in [-0.15, -0.1) is 0 Å². The second-order valence-corrected chi connectivity index (χ2v) is 6.71. The molecule has 0 radical (unpaired) electrons. The molecule has 3 heterocycles. The van der Waals surface area contributed by atoms with Crippen LogP contribution in [0.3, 0.4) is 0 Å². The highest BCUT2D eigenvalue weighted by Crippen LogP contribution is 2.23. The number of carbonyl (C=O) groups excluding carboxylic acids is 1. The molecular formula is C21H20FN3O3. The van der Waals surface area contributed by atoms with Gasteiger partial charge in [0, 0.05) is 25.4 Å². The van der Waals surface area contributed by atoms with E-state index in [0.717, 1.165) is 11.1 Å². The van der Waals surface area contributed by atoms with E-state index in [4.69, 9.17) is 9.15 Å². The van der Waals surface area contributed by atoms with Crippen molar-refractivity contribution in [2.24, 2.45) is 0 Å². The Morgan fingerprint density at radius 3 is 2.82 bits per heavy atom. The fourth-order valence-electron chi connectivity index (χ4n) is 3.17. The predicted octanol–water partition coefficient (Wildman–Crippen LogP) is 2.94. The van der Waals surface area contributed by atoms with Gasteiger partial charge in [0.2, 0.25) is 11.8 Å². The summed E-state index contributed by atoms with van der Waals surface area (Å²) in [5, 5.41) is 0. The number of benzene rings is 1. The first-order valence-corrected chi connectivity index (χ1v) is 9.15. The Morgan fingerprint density at radius 1 is 1.18 bits per heavy atom. The number of hydrogen-bond donors (Lipinski definition) is 0. The van der Waals surface area contributed by atoms with Crippen LogP contribution in [0, 0.1) is 5.82 Å². The number of pyridine rings is 1. The fraction of sp³-hybridized carbons (Fsp3) is 0.286. The van der Waals surface area contributed by atoms with E-state index < -0.39 is 6.10 Å². The van der Waals surface area contributed by atoms with Gasteiger partial charge in [0.15, 0.2) is 6.10 Å². The molecular weight excluding hydrogens is 361 g/mol. The largest absolute Gasteiger partial charge is 0.442 e. The van der Waals surface area contributed by atoms with Gasteiger partial charge in [-0.3, -0.25) is 9.78 Å². The van der Waals surface area contributed by atoms with Crippen molar-refractivity contribution in [3.05, 3.63) is 83.6 Å². The summed E-state index contributed by atoms with van der Waals surface area (Å²) in [6, 6.07) is 9.98. The van der Waals surface area contributed by atoms with Crippen molar-refractivity contribution in [3.8, 4) is 0 Å². The number of carbonyl (C=O) groups is 1. The van der Waals surface area contributed by atoms with Gasteiger partial charge in [-0.1, -0.05) is 18.2 Å². The quantitative estimate of drug-likeness (QED) is 0.680. The molecule has 0 bridgehead atoms. The minimum Gasteiger partial charge on any atom is -0.442 e. The third kappa shape index (κ3) is 4.43. The maximum absolute atomic E-state index is 13.0. The molecule has 3 aromatic rings. The monoisotopic (exact) mass is 381 g/mol. The maximum Gasteiger partial charge on any atom is 0.227 e. The maximum atomic E-state index is 13.0. The standard InChI is InChI=1S/C21H20FN3O3/c22-17-5-3-15(4-6-17)10-18-13-24-21(28-18)19-14-25(8-9-27-19)20(26)11-16-2-1-7-23-12-16/h1-7,12-13,19H,8-11,14H2. The number of hydrogen-bond acceptors (Lipinski definition) is 5. The first-order chi connectivity index (χ1) is 13.7. The summed E-state index contributed by atoms with van der Waals surface area (Å²) < 4.78 is 24.6. The van der Waals surface area contributed by atoms with E-state index in [9.17, 15) is 9.18 Å². The molecule has 1 atom stereocenters. The van der Waals surface area contributed by atoms with Crippen LogP contribution in [-0.2, 0) is 22.4 Å². The van der Waals surface area contributed by atoms with Gasteiger partial charge >= 0.3 is 0 Å². The van der Waals surface area contributed by atoms with Crippen LogP contribution in [0.1, 0.15) is 28.9 Å². The molecule has 1 amide bonds. The lowest BCUT2D eigenvalue weighted by molar-refractivity contribution is -0.139. The van der Waals surface area contributed by atoms with E-state index in [2.05, 4.69) is 9.97 Å². The third-order valence-corrected chi connectivity index (χ3v) is 4.64. The lowest BCUT2D eigenvalue weighted by atomic mass is 10.1. The number of aromatic nitrogens is 2. The average Bonchev–Trinajstić information content (AvgIpc) is 3.19. The lowest BCUT2D eigenvalue weighted by Gasteiger charge is -2.31. The highest BCUT2D eigenvalue weighted by Gasteiger charge is 2.28. The van der Waals surface area contributed by atoms with Crippen LogP contribution < -0.4 is 0 Å². The number of oxazole rings is 1. The Bertz CT molecular complexity index is 928. The van der Waals surface area contributed by atoms with E-state index in [1.807, 2.05) is 12.1 Å². The number of amides is 1. The molecule has 6 nitrogen and oxygen atoms in total. The molecule has 0 N–H and O–H groups in total. The third-order valence-electron chi connectivity index (χ3n) is 4.64. The Labute approximate surface area is 162 Å². The Hall–Kier alpha value is -3.06. The van der Waals surface area contributed by atoms with Crippen LogP contribution in [0.15, 0.2) is 59.4 Å². The molecule has 28 heavy (non-hydrogen) atoms. The van der Waals surface area contributed by atoms with Gasteiger partial charge < -0.3 is 14.1 Å². The Kier molecular flexibility index (Phi) is 5.43. The van der Waals surface area contributed by atoms with E-state index in [-0.39, 0.29) is 11.7 Å². The zero-order valence-electron chi connectivity index (χ0n) is 15.3. The number of morpholine rings is 1. The van der Waals surface area contributed by atoms with Crippen LogP contribution in [0.5, 0.6) is 0 Å². The normalized spacial score (nSPS) is 16.9. The second kappa shape index (κ2) is 8.31. The highest BCUT2D eigenvalue weighted by molar-refractivity contribution is 5.78. The van der Waals surface area contributed by atoms with Crippen LogP contribution in [0.25, 0.3) is 0 Å². The summed E-state index contributed by atoms with van der Waals surface area (Å²) in [5.74, 6) is 0.882. The van der Waals surface area contributed by atoms with Gasteiger partial charge in [0.25, 0.3) is 0 Å².